The van der Waals surface area contributed by atoms with E-state index in [0.29, 0.717) is 18.8 Å². The van der Waals surface area contributed by atoms with Crippen LogP contribution >= 0.6 is 11.6 Å². The molecule has 2 heterocycles. The van der Waals surface area contributed by atoms with Gasteiger partial charge in [-0.2, -0.15) is 4.72 Å². The zero-order chi connectivity index (χ0) is 25.5. The van der Waals surface area contributed by atoms with Crippen LogP contribution in [0.2, 0.25) is 5.02 Å². The fourth-order valence-corrected chi connectivity index (χ4v) is 5.72. The van der Waals surface area contributed by atoms with Crippen LogP contribution in [0.15, 0.2) is 71.8 Å². The summed E-state index contributed by atoms with van der Waals surface area (Å²) in [6, 6.07) is 17.9. The maximum atomic E-state index is 13.0. The lowest BCUT2D eigenvalue weighted by atomic mass is 10.1. The molecular formula is C26H29ClN4O4S. The molecule has 1 saturated heterocycles. The monoisotopic (exact) mass is 528 g/mol. The molecule has 0 radical (unpaired) electrons. The number of carbonyl (C=O) groups is 1. The zero-order valence-corrected chi connectivity index (χ0v) is 21.6. The number of nitrogens with zero attached hydrogens (tertiary/aromatic N) is 2. The van der Waals surface area contributed by atoms with E-state index in [0.717, 1.165) is 42.8 Å². The summed E-state index contributed by atoms with van der Waals surface area (Å²) < 4.78 is 34.6. The highest BCUT2D eigenvalue weighted by molar-refractivity contribution is 7.89. The second-order valence-corrected chi connectivity index (χ2v) is 10.7. The molecule has 1 aliphatic rings. The number of nitrogens with one attached hydrogen (secondary N) is 2. The fourth-order valence-electron chi connectivity index (χ4n) is 4.14. The molecule has 0 bridgehead atoms. The number of halogens is 1. The molecule has 2 N–H and O–H groups in total. The van der Waals surface area contributed by atoms with Crippen LogP contribution in [0.25, 0.3) is 11.3 Å². The van der Waals surface area contributed by atoms with E-state index in [1.807, 2.05) is 42.5 Å². The normalized spacial score (nSPS) is 16.1. The van der Waals surface area contributed by atoms with Gasteiger partial charge in [0.2, 0.25) is 15.9 Å². The molecule has 1 unspecified atom stereocenters. The van der Waals surface area contributed by atoms with Gasteiger partial charge in [-0.3, -0.25) is 14.7 Å². The molecule has 1 atom stereocenters. The van der Waals surface area contributed by atoms with Gasteiger partial charge in [-0.25, -0.2) is 8.42 Å². The fraction of sp³-hybridized carbons (Fsp3) is 0.308. The molecule has 3 aromatic rings. The van der Waals surface area contributed by atoms with E-state index in [4.69, 9.17) is 16.3 Å². The molecule has 0 saturated carbocycles. The molecule has 1 amide bonds. The van der Waals surface area contributed by atoms with Crippen molar-refractivity contribution in [1.29, 1.82) is 0 Å². The number of anilines is 1. The highest BCUT2D eigenvalue weighted by Crippen LogP contribution is 2.26. The van der Waals surface area contributed by atoms with Crippen molar-refractivity contribution in [2.24, 2.45) is 0 Å². The minimum absolute atomic E-state index is 0.0611. The van der Waals surface area contributed by atoms with E-state index in [2.05, 4.69) is 19.9 Å². The van der Waals surface area contributed by atoms with Gasteiger partial charge in [0.15, 0.2) is 0 Å². The Balaban J connectivity index is 1.27. The third-order valence-electron chi connectivity index (χ3n) is 5.89. The van der Waals surface area contributed by atoms with Crippen LogP contribution in [0.5, 0.6) is 5.75 Å². The van der Waals surface area contributed by atoms with Crippen molar-refractivity contribution in [2.45, 2.75) is 37.2 Å². The highest BCUT2D eigenvalue weighted by atomic mass is 35.5. The van der Waals surface area contributed by atoms with Crippen LogP contribution < -0.4 is 14.8 Å². The Bertz CT molecular complexity index is 1290. The van der Waals surface area contributed by atoms with Gasteiger partial charge in [0.05, 0.1) is 34.1 Å². The van der Waals surface area contributed by atoms with E-state index >= 15 is 0 Å². The molecule has 36 heavy (non-hydrogen) atoms. The zero-order valence-electron chi connectivity index (χ0n) is 20.0. The van der Waals surface area contributed by atoms with Crippen LogP contribution in [0, 0.1) is 0 Å². The average Bonchev–Trinajstić information content (AvgIpc) is 3.29. The predicted octanol–water partition coefficient (Wildman–Crippen LogP) is 4.53. The van der Waals surface area contributed by atoms with Crippen LogP contribution in [-0.4, -0.2) is 50.1 Å². The van der Waals surface area contributed by atoms with Crippen LogP contribution in [0.1, 0.15) is 26.2 Å². The number of benzene rings is 2. The lowest BCUT2D eigenvalue weighted by Crippen LogP contribution is -2.44. The predicted molar refractivity (Wildman–Crippen MR) is 140 cm³/mol. The summed E-state index contributed by atoms with van der Waals surface area (Å²) in [5, 5.41) is 2.74. The lowest BCUT2D eigenvalue weighted by Gasteiger charge is -2.25. The number of ether oxygens (including phenoxy) is 1. The highest BCUT2D eigenvalue weighted by Gasteiger charge is 2.29. The lowest BCUT2D eigenvalue weighted by molar-refractivity contribution is -0.114. The Morgan fingerprint density at radius 2 is 1.97 bits per heavy atom. The summed E-state index contributed by atoms with van der Waals surface area (Å²) in [4.78, 5) is 17.8. The standard InChI is InChI=1S/C26H29ClN4O4S/c1-19(32)29-25-13-12-22(18-23(25)27)36(33,34)30-26-7-4-15-31(26)16-5-17-35-21-10-8-20(9-11-21)24-6-2-3-14-28-24/h2-3,6,8-14,18,26,30H,4-5,7,15-17H2,1H3,(H,29,32). The number of hydrogen-bond acceptors (Lipinski definition) is 6. The number of rotatable bonds is 10. The third-order valence-corrected chi connectivity index (χ3v) is 7.66. The molecule has 2 aromatic carbocycles. The van der Waals surface area contributed by atoms with Crippen molar-refractivity contribution < 1.29 is 17.9 Å². The molecule has 10 heteroatoms. The molecule has 1 aromatic heterocycles. The first-order chi connectivity index (χ1) is 17.3. The van der Waals surface area contributed by atoms with Crippen molar-refractivity contribution in [1.82, 2.24) is 14.6 Å². The largest absolute Gasteiger partial charge is 0.494 e. The SMILES string of the molecule is CC(=O)Nc1ccc(S(=O)(=O)NC2CCCN2CCCOc2ccc(-c3ccccn3)cc2)cc1Cl. The van der Waals surface area contributed by atoms with Gasteiger partial charge >= 0.3 is 0 Å². The van der Waals surface area contributed by atoms with Gasteiger partial charge in [-0.05, 0) is 80.4 Å². The Morgan fingerprint density at radius 1 is 1.17 bits per heavy atom. The second kappa shape index (κ2) is 11.8. The summed E-state index contributed by atoms with van der Waals surface area (Å²) in [6.45, 7) is 3.41. The molecular weight excluding hydrogens is 500 g/mol. The minimum Gasteiger partial charge on any atom is -0.494 e. The Morgan fingerprint density at radius 3 is 2.67 bits per heavy atom. The maximum Gasteiger partial charge on any atom is 0.241 e. The summed E-state index contributed by atoms with van der Waals surface area (Å²) in [5.41, 5.74) is 2.32. The molecule has 8 nitrogen and oxygen atoms in total. The molecule has 0 spiro atoms. The molecule has 0 aliphatic carbocycles. The number of sulfonamides is 1. The van der Waals surface area contributed by atoms with Crippen molar-refractivity contribution in [3.05, 3.63) is 71.9 Å². The Kier molecular flexibility index (Phi) is 8.58. The maximum absolute atomic E-state index is 13.0. The summed E-state index contributed by atoms with van der Waals surface area (Å²) in [6.07, 6.45) is 3.88. The molecule has 190 valence electrons. The van der Waals surface area contributed by atoms with Crippen molar-refractivity contribution in [2.75, 3.05) is 25.0 Å². The summed E-state index contributed by atoms with van der Waals surface area (Å²) in [7, 11) is -3.77. The first-order valence-electron chi connectivity index (χ1n) is 11.8. The molecule has 1 aliphatic heterocycles. The first kappa shape index (κ1) is 26.1. The van der Waals surface area contributed by atoms with Crippen LogP contribution in [-0.2, 0) is 14.8 Å². The van der Waals surface area contributed by atoms with Gasteiger partial charge in [0.25, 0.3) is 0 Å². The number of hydrogen-bond donors (Lipinski definition) is 2. The minimum atomic E-state index is -3.77. The first-order valence-corrected chi connectivity index (χ1v) is 13.7. The molecule has 1 fully saturated rings. The summed E-state index contributed by atoms with van der Waals surface area (Å²) in [5.74, 6) is 0.505. The van der Waals surface area contributed by atoms with Crippen LogP contribution in [0.3, 0.4) is 0 Å². The summed E-state index contributed by atoms with van der Waals surface area (Å²) >= 11 is 6.17. The molecule has 4 rings (SSSR count). The van der Waals surface area contributed by atoms with Crippen molar-refractivity contribution >= 4 is 33.2 Å². The van der Waals surface area contributed by atoms with E-state index in [1.54, 1.807) is 6.20 Å². The van der Waals surface area contributed by atoms with Crippen LogP contribution in [0.4, 0.5) is 5.69 Å². The van der Waals surface area contributed by atoms with Crippen molar-refractivity contribution in [3.8, 4) is 17.0 Å². The van der Waals surface area contributed by atoms with E-state index in [1.165, 1.54) is 25.1 Å². The van der Waals surface area contributed by atoms with Gasteiger partial charge < -0.3 is 10.1 Å². The van der Waals surface area contributed by atoms with Gasteiger partial charge in [0.1, 0.15) is 5.75 Å². The second-order valence-electron chi connectivity index (χ2n) is 8.58. The Labute approximate surface area is 216 Å². The number of amides is 1. The van der Waals surface area contributed by atoms with E-state index < -0.39 is 10.0 Å². The quantitative estimate of drug-likeness (QED) is 0.375. The van der Waals surface area contributed by atoms with Gasteiger partial charge in [-0.15, -0.1) is 0 Å². The number of pyridine rings is 1. The average molecular weight is 529 g/mol. The van der Waals surface area contributed by atoms with Gasteiger partial charge in [-0.1, -0.05) is 17.7 Å². The Hall–Kier alpha value is -2.98. The number of carbonyl (C=O) groups excluding carboxylic acids is 1. The number of aromatic nitrogens is 1. The van der Waals surface area contributed by atoms with Gasteiger partial charge in [0, 0.05) is 25.2 Å². The van der Waals surface area contributed by atoms with Crippen molar-refractivity contribution in [3.63, 3.8) is 0 Å². The third kappa shape index (κ3) is 6.82. The smallest absolute Gasteiger partial charge is 0.241 e. The van der Waals surface area contributed by atoms with E-state index in [-0.39, 0.29) is 22.0 Å². The topological polar surface area (TPSA) is 101 Å². The number of likely N-dealkylation sites (tertiary alicyclic amines) is 1. The van der Waals surface area contributed by atoms with E-state index in [9.17, 15) is 13.2 Å².